The van der Waals surface area contributed by atoms with Crippen LogP contribution in [0.2, 0.25) is 0 Å². The molecular formula is C8H10F4N2. The third-order valence-corrected chi connectivity index (χ3v) is 2.62. The van der Waals surface area contributed by atoms with Crippen molar-refractivity contribution in [3.8, 4) is 0 Å². The zero-order valence-corrected chi connectivity index (χ0v) is 7.36. The molecule has 0 unspecified atom stereocenters. The van der Waals surface area contributed by atoms with E-state index < -0.39 is 24.9 Å². The maximum absolute atomic E-state index is 12.7. The zero-order valence-electron chi connectivity index (χ0n) is 7.36. The van der Waals surface area contributed by atoms with Gasteiger partial charge in [0.2, 0.25) is 0 Å². The molecule has 0 aromatic carbocycles. The smallest absolute Gasteiger partial charge is 0.329 e. The van der Waals surface area contributed by atoms with Gasteiger partial charge < -0.3 is 4.90 Å². The van der Waals surface area contributed by atoms with Crippen molar-refractivity contribution in [3.05, 3.63) is 0 Å². The lowest BCUT2D eigenvalue weighted by Crippen LogP contribution is -2.38. The van der Waals surface area contributed by atoms with Crippen LogP contribution in [-0.4, -0.2) is 35.7 Å². The first-order valence-corrected chi connectivity index (χ1v) is 4.42. The molecule has 2 rings (SSSR count). The van der Waals surface area contributed by atoms with E-state index in [1.54, 1.807) is 0 Å². The van der Waals surface area contributed by atoms with Gasteiger partial charge in [-0.2, -0.15) is 17.6 Å². The molecular weight excluding hydrogens is 200 g/mol. The van der Waals surface area contributed by atoms with Crippen LogP contribution in [0, 0.1) is 11.3 Å². The third-order valence-electron chi connectivity index (χ3n) is 2.62. The maximum atomic E-state index is 12.7. The lowest BCUT2D eigenvalue weighted by molar-refractivity contribution is -0.172. The topological polar surface area (TPSA) is 27.1 Å². The second-order valence-corrected chi connectivity index (χ2v) is 3.92. The molecule has 1 N–H and O–H groups in total. The number of halogens is 4. The van der Waals surface area contributed by atoms with Crippen molar-refractivity contribution < 1.29 is 17.6 Å². The molecule has 0 aromatic rings. The minimum Gasteiger partial charge on any atom is -0.348 e. The molecule has 2 nitrogen and oxygen atoms in total. The molecule has 0 aromatic heterocycles. The quantitative estimate of drug-likeness (QED) is 0.400. The van der Waals surface area contributed by atoms with Gasteiger partial charge in [0.25, 0.3) is 0 Å². The van der Waals surface area contributed by atoms with E-state index >= 15 is 0 Å². The number of hydrogen-bond donors (Lipinski definition) is 1. The van der Waals surface area contributed by atoms with E-state index in [0.29, 0.717) is 0 Å². The van der Waals surface area contributed by atoms with Crippen LogP contribution < -0.4 is 0 Å². The summed E-state index contributed by atoms with van der Waals surface area (Å²) in [6, 6.07) is 0. The zero-order chi connectivity index (χ0) is 10.6. The number of nitrogens with zero attached hydrogens (tertiary/aromatic N) is 1. The van der Waals surface area contributed by atoms with Gasteiger partial charge in [0.05, 0.1) is 18.9 Å². The fourth-order valence-electron chi connectivity index (χ4n) is 1.55. The number of hydrogen-bond acceptors (Lipinski definition) is 1. The van der Waals surface area contributed by atoms with E-state index in [-0.39, 0.29) is 11.8 Å². The largest absolute Gasteiger partial charge is 0.348 e. The van der Waals surface area contributed by atoms with Crippen molar-refractivity contribution in [2.75, 3.05) is 13.1 Å². The van der Waals surface area contributed by atoms with Crippen molar-refractivity contribution >= 4 is 5.84 Å². The Kier molecular flexibility index (Phi) is 1.81. The summed E-state index contributed by atoms with van der Waals surface area (Å²) in [6.07, 6.45) is 1.51. The molecule has 0 amide bonds. The van der Waals surface area contributed by atoms with Crippen LogP contribution >= 0.6 is 0 Å². The van der Waals surface area contributed by atoms with Gasteiger partial charge in [0.15, 0.2) is 0 Å². The SMILES string of the molecule is N=C(C1CC1)N1CC(F)(F)C(F)(F)C1. The third kappa shape index (κ3) is 1.36. The van der Waals surface area contributed by atoms with E-state index in [1.165, 1.54) is 0 Å². The summed E-state index contributed by atoms with van der Waals surface area (Å²) >= 11 is 0. The van der Waals surface area contributed by atoms with Crippen molar-refractivity contribution in [1.82, 2.24) is 4.90 Å². The molecule has 1 saturated heterocycles. The van der Waals surface area contributed by atoms with E-state index in [2.05, 4.69) is 0 Å². The van der Waals surface area contributed by atoms with Crippen LogP contribution in [0.5, 0.6) is 0 Å². The monoisotopic (exact) mass is 210 g/mol. The summed E-state index contributed by atoms with van der Waals surface area (Å²) in [4.78, 5) is 0.803. The Morgan fingerprint density at radius 1 is 1.07 bits per heavy atom. The lowest BCUT2D eigenvalue weighted by atomic mass is 10.2. The molecule has 0 radical (unpaired) electrons. The Morgan fingerprint density at radius 3 is 1.86 bits per heavy atom. The van der Waals surface area contributed by atoms with Crippen LogP contribution in [0.1, 0.15) is 12.8 Å². The van der Waals surface area contributed by atoms with Crippen LogP contribution in [0.15, 0.2) is 0 Å². The standard InChI is InChI=1S/C8H10F4N2/c9-7(10)3-14(4-8(7,11)12)6(13)5-1-2-5/h5,13H,1-4H2. The normalized spacial score (nSPS) is 29.3. The number of amidine groups is 1. The molecule has 80 valence electrons. The number of nitrogens with one attached hydrogen (secondary N) is 1. The van der Waals surface area contributed by atoms with Crippen molar-refractivity contribution in [2.24, 2.45) is 5.92 Å². The average molecular weight is 210 g/mol. The van der Waals surface area contributed by atoms with Gasteiger partial charge in [-0.3, -0.25) is 5.41 Å². The molecule has 1 aliphatic heterocycles. The van der Waals surface area contributed by atoms with Crippen molar-refractivity contribution in [2.45, 2.75) is 24.7 Å². The van der Waals surface area contributed by atoms with Gasteiger partial charge in [0, 0.05) is 5.92 Å². The Morgan fingerprint density at radius 2 is 1.50 bits per heavy atom. The van der Waals surface area contributed by atoms with Crippen LogP contribution in [0.3, 0.4) is 0 Å². The van der Waals surface area contributed by atoms with Gasteiger partial charge in [-0.15, -0.1) is 0 Å². The van der Waals surface area contributed by atoms with Crippen molar-refractivity contribution in [3.63, 3.8) is 0 Å². The molecule has 1 saturated carbocycles. The molecule has 0 atom stereocenters. The fraction of sp³-hybridized carbons (Fsp3) is 0.875. The summed E-state index contributed by atoms with van der Waals surface area (Å²) in [6.45, 7) is -2.04. The Balaban J connectivity index is 2.09. The highest BCUT2D eigenvalue weighted by atomic mass is 19.3. The minimum atomic E-state index is -3.99. The summed E-state index contributed by atoms with van der Waals surface area (Å²) < 4.78 is 50.9. The average Bonchev–Trinajstić information content (AvgIpc) is 2.79. The second-order valence-electron chi connectivity index (χ2n) is 3.92. The van der Waals surface area contributed by atoms with Crippen LogP contribution in [0.4, 0.5) is 17.6 Å². The van der Waals surface area contributed by atoms with E-state index in [9.17, 15) is 17.6 Å². The predicted octanol–water partition coefficient (Wildman–Crippen LogP) is 1.96. The van der Waals surface area contributed by atoms with E-state index in [0.717, 1.165) is 17.7 Å². The number of rotatable bonds is 1. The first-order chi connectivity index (χ1) is 6.33. The molecule has 1 aliphatic carbocycles. The summed E-state index contributed by atoms with van der Waals surface area (Å²) in [7, 11) is 0. The van der Waals surface area contributed by atoms with Crippen LogP contribution in [0.25, 0.3) is 0 Å². The Hall–Kier alpha value is -0.810. The minimum absolute atomic E-state index is 0.0538. The highest BCUT2D eigenvalue weighted by Crippen LogP contribution is 2.43. The van der Waals surface area contributed by atoms with Gasteiger partial charge in [-0.25, -0.2) is 0 Å². The molecule has 6 heteroatoms. The van der Waals surface area contributed by atoms with E-state index in [1.807, 2.05) is 0 Å². The van der Waals surface area contributed by atoms with Crippen LogP contribution in [-0.2, 0) is 0 Å². The van der Waals surface area contributed by atoms with Gasteiger partial charge in [-0.05, 0) is 12.8 Å². The highest BCUT2D eigenvalue weighted by molar-refractivity contribution is 5.84. The summed E-state index contributed by atoms with van der Waals surface area (Å²) in [5.74, 6) is -8.11. The summed E-state index contributed by atoms with van der Waals surface area (Å²) in [5, 5.41) is 7.42. The predicted molar refractivity (Wildman–Crippen MR) is 41.9 cm³/mol. The van der Waals surface area contributed by atoms with E-state index in [4.69, 9.17) is 5.41 Å². The Bertz CT molecular complexity index is 257. The summed E-state index contributed by atoms with van der Waals surface area (Å²) in [5.41, 5.74) is 0. The molecule has 0 bridgehead atoms. The fourth-order valence-corrected chi connectivity index (χ4v) is 1.55. The Labute approximate surface area is 78.4 Å². The van der Waals surface area contributed by atoms with Gasteiger partial charge in [-0.1, -0.05) is 0 Å². The second kappa shape index (κ2) is 2.61. The number of likely N-dealkylation sites (tertiary alicyclic amines) is 1. The first-order valence-electron chi connectivity index (χ1n) is 4.42. The first kappa shape index (κ1) is 9.73. The molecule has 2 aliphatic rings. The molecule has 1 heterocycles. The van der Waals surface area contributed by atoms with Gasteiger partial charge >= 0.3 is 11.8 Å². The lowest BCUT2D eigenvalue weighted by Gasteiger charge is -2.17. The molecule has 0 spiro atoms. The van der Waals surface area contributed by atoms with Gasteiger partial charge in [0.1, 0.15) is 0 Å². The number of alkyl halides is 4. The highest BCUT2D eigenvalue weighted by Gasteiger charge is 2.63. The maximum Gasteiger partial charge on any atom is 0.329 e. The van der Waals surface area contributed by atoms with Crippen molar-refractivity contribution in [1.29, 1.82) is 5.41 Å². The molecule has 2 fully saturated rings. The molecule has 14 heavy (non-hydrogen) atoms.